The van der Waals surface area contributed by atoms with Crippen molar-refractivity contribution in [2.75, 3.05) is 4.90 Å². The van der Waals surface area contributed by atoms with Gasteiger partial charge in [0.05, 0.1) is 15.3 Å². The molecule has 0 atom stereocenters. The molecule has 0 N–H and O–H groups in total. The molecule has 2 heteroatoms. The molecular weight excluding hydrogens is 655 g/mol. The first-order chi connectivity index (χ1) is 29.2. The maximum absolute atomic E-state index is 9.69. The molecule has 2 aliphatic carbocycles. The number of fused-ring (bicyclic) bond motifs is 11. The molecule has 0 bridgehead atoms. The summed E-state index contributed by atoms with van der Waals surface area (Å²) < 4.78 is 70.7. The van der Waals surface area contributed by atoms with Gasteiger partial charge in [0.25, 0.3) is 0 Å². The highest BCUT2D eigenvalue weighted by Gasteiger charge is 2.39. The molecule has 9 aromatic rings. The Balaban J connectivity index is 1.17. The van der Waals surface area contributed by atoms with Gasteiger partial charge in [-0.2, -0.15) is 0 Å². The Labute approximate surface area is 325 Å². The number of para-hydroxylation sites is 1. The first-order valence-corrected chi connectivity index (χ1v) is 18.4. The fourth-order valence-electron chi connectivity index (χ4n) is 9.15. The second kappa shape index (κ2) is 11.1. The zero-order valence-electron chi connectivity index (χ0n) is 37.4. The molecule has 0 unspecified atom stereocenters. The molecule has 54 heavy (non-hydrogen) atoms. The van der Waals surface area contributed by atoms with E-state index < -0.39 is 5.41 Å². The number of benzene rings is 8. The van der Waals surface area contributed by atoms with Gasteiger partial charge < -0.3 is 9.32 Å². The van der Waals surface area contributed by atoms with Gasteiger partial charge in [-0.05, 0) is 86.3 Å². The topological polar surface area (TPSA) is 16.4 Å². The highest BCUT2D eigenvalue weighted by molar-refractivity contribution is 6.17. The van der Waals surface area contributed by atoms with Crippen LogP contribution in [-0.2, 0) is 10.8 Å². The third-order valence-electron chi connectivity index (χ3n) is 11.9. The van der Waals surface area contributed by atoms with Crippen LogP contribution in [0.25, 0.3) is 66.1 Å². The number of hydrogen-bond donors (Lipinski definition) is 0. The van der Waals surface area contributed by atoms with Crippen molar-refractivity contribution in [3.05, 3.63) is 186 Å². The van der Waals surface area contributed by atoms with E-state index in [1.165, 1.54) is 11.1 Å². The van der Waals surface area contributed by atoms with Crippen molar-refractivity contribution < 1.29 is 14.0 Å². The second-order valence-electron chi connectivity index (χ2n) is 15.6. The molecule has 0 saturated heterocycles. The first-order valence-electron chi connectivity index (χ1n) is 21.9. The summed E-state index contributed by atoms with van der Waals surface area (Å²) in [7, 11) is 0. The summed E-state index contributed by atoms with van der Waals surface area (Å²) in [4.78, 5) is 1.95. The third kappa shape index (κ3) is 4.23. The maximum Gasteiger partial charge on any atom is 0.143 e. The van der Waals surface area contributed by atoms with Gasteiger partial charge in [-0.1, -0.05) is 155 Å². The molecule has 8 aromatic carbocycles. The van der Waals surface area contributed by atoms with E-state index in [4.69, 9.17) is 8.53 Å². The Morgan fingerprint density at radius 2 is 1.17 bits per heavy atom. The van der Waals surface area contributed by atoms with Gasteiger partial charge in [-0.15, -0.1) is 0 Å². The molecule has 0 radical (unpaired) electrons. The molecule has 1 aromatic heterocycles. The highest BCUT2D eigenvalue weighted by atomic mass is 16.3. The average molecular weight is 701 g/mol. The normalized spacial score (nSPS) is 16.4. The van der Waals surface area contributed by atoms with Crippen LogP contribution >= 0.6 is 0 Å². The lowest BCUT2D eigenvalue weighted by Gasteiger charge is -2.30. The molecule has 0 saturated carbocycles. The largest absolute Gasteiger partial charge is 0.455 e. The maximum atomic E-state index is 9.69. The molecular formula is C52H39NO. The fourth-order valence-corrected chi connectivity index (χ4v) is 9.15. The Morgan fingerprint density at radius 3 is 2.06 bits per heavy atom. The zero-order valence-corrected chi connectivity index (χ0v) is 30.4. The van der Waals surface area contributed by atoms with E-state index in [0.717, 1.165) is 60.7 Å². The van der Waals surface area contributed by atoms with Crippen LogP contribution in [0.3, 0.4) is 0 Å². The van der Waals surface area contributed by atoms with Crippen molar-refractivity contribution >= 4 is 49.8 Å². The molecule has 2 nitrogen and oxygen atoms in total. The zero-order chi connectivity index (χ0) is 42.4. The van der Waals surface area contributed by atoms with Gasteiger partial charge >= 0.3 is 0 Å². The van der Waals surface area contributed by atoms with Crippen molar-refractivity contribution in [2.45, 2.75) is 38.5 Å². The molecule has 0 fully saturated rings. The Morgan fingerprint density at radius 1 is 0.481 bits per heavy atom. The van der Waals surface area contributed by atoms with Crippen molar-refractivity contribution in [1.82, 2.24) is 0 Å². The van der Waals surface area contributed by atoms with Gasteiger partial charge in [0.2, 0.25) is 0 Å². The van der Waals surface area contributed by atoms with Gasteiger partial charge in [0.15, 0.2) is 0 Å². The predicted octanol–water partition coefficient (Wildman–Crippen LogP) is 14.5. The summed E-state index contributed by atoms with van der Waals surface area (Å²) in [6.45, 7) is 8.11. The number of anilines is 3. The fraction of sp³-hybridized carbons (Fsp3) is 0.115. The minimum Gasteiger partial charge on any atom is -0.455 e. The number of rotatable bonds is 4. The van der Waals surface area contributed by atoms with E-state index in [-0.39, 0.29) is 53.3 Å². The lowest BCUT2D eigenvalue weighted by Crippen LogP contribution is -2.17. The predicted molar refractivity (Wildman–Crippen MR) is 226 cm³/mol. The smallest absolute Gasteiger partial charge is 0.143 e. The van der Waals surface area contributed by atoms with E-state index >= 15 is 0 Å². The van der Waals surface area contributed by atoms with E-state index in [9.17, 15) is 5.48 Å². The van der Waals surface area contributed by atoms with Crippen molar-refractivity contribution in [3.8, 4) is 33.4 Å². The van der Waals surface area contributed by atoms with E-state index in [2.05, 4.69) is 86.6 Å². The van der Waals surface area contributed by atoms with Crippen molar-refractivity contribution in [3.63, 3.8) is 0 Å². The summed E-state index contributed by atoms with van der Waals surface area (Å²) in [6.07, 6.45) is 0. The standard InChI is InChI=1S/C52H39NO/c1-51(2)44-20-10-8-16-42(44)48-45(51)21-12-22-47(48)53(35-28-30-39-38-15-7-9-19-43(38)52(3,4)46(39)31-35)34-26-23-33(24-27-34)37-17-11-18-40-41-29-25-32-13-5-6-14-36(32)50(41)54-49(37)40/h5-31H,1-4H3/i8D,10D,12D,16D,20D,21D,22D. The van der Waals surface area contributed by atoms with Crippen LogP contribution in [0.5, 0.6) is 0 Å². The van der Waals surface area contributed by atoms with Crippen LogP contribution < -0.4 is 4.90 Å². The molecule has 2 aliphatic rings. The Bertz CT molecular complexity index is 3400. The summed E-state index contributed by atoms with van der Waals surface area (Å²) >= 11 is 0. The van der Waals surface area contributed by atoms with Crippen molar-refractivity contribution in [2.24, 2.45) is 0 Å². The van der Waals surface area contributed by atoms with Gasteiger partial charge in [-0.25, -0.2) is 0 Å². The highest BCUT2D eigenvalue weighted by Crippen LogP contribution is 2.56. The molecule has 258 valence electrons. The number of nitrogens with zero attached hydrogens (tertiary/aromatic N) is 1. The van der Waals surface area contributed by atoms with Gasteiger partial charge in [0.1, 0.15) is 11.2 Å². The molecule has 1 heterocycles. The van der Waals surface area contributed by atoms with E-state index in [0.29, 0.717) is 28.1 Å². The quantitative estimate of drug-likeness (QED) is 0.182. The summed E-state index contributed by atoms with van der Waals surface area (Å²) in [6, 6.07) is 39.6. The summed E-state index contributed by atoms with van der Waals surface area (Å²) in [5.74, 6) is 0. The van der Waals surface area contributed by atoms with E-state index in [1.807, 2.05) is 67.3 Å². The molecule has 0 amide bonds. The number of hydrogen-bond acceptors (Lipinski definition) is 2. The number of furan rings is 1. The summed E-state index contributed by atoms with van der Waals surface area (Å²) in [5, 5.41) is 4.22. The van der Waals surface area contributed by atoms with Crippen LogP contribution in [0.15, 0.2) is 168 Å². The monoisotopic (exact) mass is 700 g/mol. The lowest BCUT2D eigenvalue weighted by atomic mass is 9.82. The molecule has 0 spiro atoms. The molecule has 0 aliphatic heterocycles. The van der Waals surface area contributed by atoms with Crippen LogP contribution in [-0.4, -0.2) is 0 Å². The Hall–Kier alpha value is -6.38. The van der Waals surface area contributed by atoms with Gasteiger partial charge in [-0.3, -0.25) is 0 Å². The second-order valence-corrected chi connectivity index (χ2v) is 15.6. The van der Waals surface area contributed by atoms with Crippen LogP contribution in [0.1, 0.15) is 59.5 Å². The van der Waals surface area contributed by atoms with Crippen molar-refractivity contribution in [1.29, 1.82) is 0 Å². The van der Waals surface area contributed by atoms with Crippen LogP contribution in [0.2, 0.25) is 0 Å². The third-order valence-corrected chi connectivity index (χ3v) is 11.9. The lowest BCUT2D eigenvalue weighted by molar-refractivity contribution is 0.660. The summed E-state index contributed by atoms with van der Waals surface area (Å²) in [5.41, 5.74) is 9.76. The van der Waals surface area contributed by atoms with E-state index in [1.54, 1.807) is 0 Å². The molecule has 11 rings (SSSR count). The minimum atomic E-state index is -1.07. The Kier molecular flexibility index (Phi) is 5.08. The first kappa shape index (κ1) is 24.8. The average Bonchev–Trinajstić information content (AvgIpc) is 3.85. The van der Waals surface area contributed by atoms with Gasteiger partial charge in [0, 0.05) is 49.5 Å². The SMILES string of the molecule is [2H]c1c([2H])c([2H])c2c(c1[2H])-c1c(N(c3ccc(-c4cccc5c4oc4c6ccccc6ccc54)cc3)c3ccc4c(c3)C(C)(C)c3ccccc3-4)c([2H])c([2H])c([2H])c1C2(C)C. The minimum absolute atomic E-state index is 0.158. The van der Waals surface area contributed by atoms with Crippen LogP contribution in [0, 0.1) is 0 Å². The van der Waals surface area contributed by atoms with Crippen LogP contribution in [0.4, 0.5) is 17.1 Å².